The predicted molar refractivity (Wildman–Crippen MR) is 124 cm³/mol. The van der Waals surface area contributed by atoms with Gasteiger partial charge < -0.3 is 14.7 Å². The molecular formula is C23H25Cl2N3O2. The second kappa shape index (κ2) is 8.70. The van der Waals surface area contributed by atoms with Crippen LogP contribution in [0.4, 0.5) is 11.4 Å². The smallest absolute Gasteiger partial charge is 0.261 e. The van der Waals surface area contributed by atoms with E-state index < -0.39 is 0 Å². The number of amides is 1. The lowest BCUT2D eigenvalue weighted by atomic mass is 10.0. The third kappa shape index (κ3) is 4.47. The molecule has 1 aromatic heterocycles. The van der Waals surface area contributed by atoms with E-state index in [9.17, 15) is 4.79 Å². The zero-order valence-corrected chi connectivity index (χ0v) is 19.2. The minimum atomic E-state index is -0.337. The Morgan fingerprint density at radius 2 is 1.70 bits per heavy atom. The van der Waals surface area contributed by atoms with Gasteiger partial charge >= 0.3 is 0 Å². The largest absolute Gasteiger partial charge is 0.367 e. The van der Waals surface area contributed by atoms with Crippen LogP contribution in [-0.4, -0.2) is 23.1 Å². The number of carbonyl (C=O) groups is 1. The van der Waals surface area contributed by atoms with E-state index in [-0.39, 0.29) is 11.4 Å². The summed E-state index contributed by atoms with van der Waals surface area (Å²) in [5, 5.41) is 7.75. The zero-order valence-electron chi connectivity index (χ0n) is 17.7. The first-order valence-corrected chi connectivity index (χ1v) is 10.5. The lowest BCUT2D eigenvalue weighted by molar-refractivity contribution is 0.102. The van der Waals surface area contributed by atoms with Gasteiger partial charge in [0, 0.05) is 29.0 Å². The molecule has 30 heavy (non-hydrogen) atoms. The molecule has 0 spiro atoms. The number of aryl methyl sites for hydroxylation is 1. The Balaban J connectivity index is 1.88. The predicted octanol–water partition coefficient (Wildman–Crippen LogP) is 6.83. The number of nitrogens with one attached hydrogen (secondary N) is 1. The number of nitrogens with zero attached hydrogens (tertiary/aromatic N) is 2. The van der Waals surface area contributed by atoms with Crippen molar-refractivity contribution >= 4 is 40.5 Å². The minimum absolute atomic E-state index is 0.00219. The van der Waals surface area contributed by atoms with E-state index in [1.165, 1.54) is 0 Å². The van der Waals surface area contributed by atoms with Crippen LogP contribution in [0.25, 0.3) is 11.3 Å². The normalized spacial score (nSPS) is 11.4. The van der Waals surface area contributed by atoms with Crippen LogP contribution in [0, 0.1) is 6.92 Å². The number of hydrogen-bond acceptors (Lipinski definition) is 4. The maximum absolute atomic E-state index is 13.0. The first-order valence-electron chi connectivity index (χ1n) is 9.73. The fraction of sp³-hybridized carbons (Fsp3) is 0.304. The summed E-state index contributed by atoms with van der Waals surface area (Å²) in [4.78, 5) is 15.3. The molecule has 1 amide bonds. The molecule has 0 aliphatic rings. The molecule has 7 heteroatoms. The number of rotatable bonds is 5. The van der Waals surface area contributed by atoms with Crippen LogP contribution in [0.5, 0.6) is 0 Å². The van der Waals surface area contributed by atoms with E-state index in [4.69, 9.17) is 27.7 Å². The first-order chi connectivity index (χ1) is 14.1. The highest BCUT2D eigenvalue weighted by molar-refractivity contribution is 6.39. The summed E-state index contributed by atoms with van der Waals surface area (Å²) in [6.45, 7) is 11.2. The molecule has 0 atom stereocenters. The molecule has 0 aliphatic carbocycles. The molecule has 0 saturated heterocycles. The van der Waals surface area contributed by atoms with Gasteiger partial charge in [0.2, 0.25) is 0 Å². The molecular weight excluding hydrogens is 421 g/mol. The van der Waals surface area contributed by atoms with Crippen LogP contribution in [0.2, 0.25) is 10.0 Å². The molecule has 0 saturated carbocycles. The summed E-state index contributed by atoms with van der Waals surface area (Å²) in [5.41, 5.74) is 2.86. The summed E-state index contributed by atoms with van der Waals surface area (Å²) in [5.74, 6) is 0.0515. The average Bonchev–Trinajstić information content (AvgIpc) is 3.03. The van der Waals surface area contributed by atoms with E-state index in [1.807, 2.05) is 24.3 Å². The molecule has 1 N–H and O–H groups in total. The molecule has 3 rings (SSSR count). The molecule has 2 aromatic carbocycles. The van der Waals surface area contributed by atoms with Crippen LogP contribution in [-0.2, 0) is 0 Å². The Morgan fingerprint density at radius 3 is 2.23 bits per heavy atom. The number of anilines is 2. The van der Waals surface area contributed by atoms with Crippen LogP contribution < -0.4 is 10.2 Å². The van der Waals surface area contributed by atoms with Crippen molar-refractivity contribution in [2.45, 2.75) is 40.2 Å². The van der Waals surface area contributed by atoms with Crippen molar-refractivity contribution in [1.82, 2.24) is 5.16 Å². The molecule has 0 unspecified atom stereocenters. The highest BCUT2D eigenvalue weighted by atomic mass is 35.5. The number of benzene rings is 2. The van der Waals surface area contributed by atoms with Crippen molar-refractivity contribution in [3.05, 3.63) is 63.8 Å². The van der Waals surface area contributed by atoms with E-state index in [1.54, 1.807) is 25.1 Å². The van der Waals surface area contributed by atoms with Gasteiger partial charge in [-0.3, -0.25) is 4.79 Å². The van der Waals surface area contributed by atoms with Gasteiger partial charge in [0.1, 0.15) is 17.0 Å². The number of carbonyl (C=O) groups excluding carboxylic acids is 1. The summed E-state index contributed by atoms with van der Waals surface area (Å²) < 4.78 is 5.29. The highest BCUT2D eigenvalue weighted by Gasteiger charge is 2.25. The van der Waals surface area contributed by atoms with Crippen molar-refractivity contribution in [2.75, 3.05) is 16.8 Å². The summed E-state index contributed by atoms with van der Waals surface area (Å²) >= 11 is 12.6. The second-order valence-corrected chi connectivity index (χ2v) is 8.79. The monoisotopic (exact) mass is 445 g/mol. The Kier molecular flexibility index (Phi) is 6.44. The topological polar surface area (TPSA) is 58.4 Å². The van der Waals surface area contributed by atoms with Gasteiger partial charge in [-0.15, -0.1) is 0 Å². The molecule has 0 radical (unpaired) electrons. The van der Waals surface area contributed by atoms with Gasteiger partial charge in [-0.2, -0.15) is 0 Å². The Morgan fingerprint density at radius 1 is 1.10 bits per heavy atom. The van der Waals surface area contributed by atoms with Crippen molar-refractivity contribution in [2.24, 2.45) is 0 Å². The van der Waals surface area contributed by atoms with Gasteiger partial charge in [0.05, 0.1) is 10.0 Å². The van der Waals surface area contributed by atoms with Crippen molar-refractivity contribution in [3.8, 4) is 11.3 Å². The first kappa shape index (κ1) is 22.2. The van der Waals surface area contributed by atoms with Crippen LogP contribution >= 0.6 is 23.2 Å². The molecule has 158 valence electrons. The van der Waals surface area contributed by atoms with Gasteiger partial charge in [-0.1, -0.05) is 34.4 Å². The lowest BCUT2D eigenvalue weighted by Crippen LogP contribution is -2.41. The van der Waals surface area contributed by atoms with Crippen LogP contribution in [0.1, 0.15) is 43.8 Å². The molecule has 1 heterocycles. The molecule has 0 fully saturated rings. The number of hydrogen-bond donors (Lipinski definition) is 1. The van der Waals surface area contributed by atoms with E-state index in [0.29, 0.717) is 38.3 Å². The lowest BCUT2D eigenvalue weighted by Gasteiger charge is -2.37. The van der Waals surface area contributed by atoms with Crippen molar-refractivity contribution in [1.29, 1.82) is 0 Å². The fourth-order valence-corrected chi connectivity index (χ4v) is 4.07. The number of halogens is 2. The Labute approximate surface area is 187 Å². The minimum Gasteiger partial charge on any atom is -0.367 e. The summed E-state index contributed by atoms with van der Waals surface area (Å²) in [7, 11) is 0. The molecule has 0 aliphatic heterocycles. The van der Waals surface area contributed by atoms with Gasteiger partial charge in [0.25, 0.3) is 5.91 Å². The van der Waals surface area contributed by atoms with E-state index in [2.05, 4.69) is 43.1 Å². The second-order valence-electron chi connectivity index (χ2n) is 7.98. The maximum atomic E-state index is 13.0. The average molecular weight is 446 g/mol. The van der Waals surface area contributed by atoms with E-state index >= 15 is 0 Å². The standard InChI is InChI=1S/C23H25Cl2N3O2/c1-6-28(23(3,4)5)16-12-10-15(11-13-16)26-22(29)19-14(2)30-27-21(19)20-17(24)8-7-9-18(20)25/h7-13H,6H2,1-5H3,(H,26,29). The van der Waals surface area contributed by atoms with Crippen LogP contribution in [0.3, 0.4) is 0 Å². The van der Waals surface area contributed by atoms with Crippen molar-refractivity contribution in [3.63, 3.8) is 0 Å². The third-order valence-corrected chi connectivity index (χ3v) is 5.48. The summed E-state index contributed by atoms with van der Waals surface area (Å²) in [6.07, 6.45) is 0. The Bertz CT molecular complexity index is 1030. The SMILES string of the molecule is CCN(c1ccc(NC(=O)c2c(-c3c(Cl)cccc3Cl)noc2C)cc1)C(C)(C)C. The fourth-order valence-electron chi connectivity index (χ4n) is 3.50. The van der Waals surface area contributed by atoms with Gasteiger partial charge in [0.15, 0.2) is 0 Å². The summed E-state index contributed by atoms with van der Waals surface area (Å²) in [6, 6.07) is 12.9. The van der Waals surface area contributed by atoms with Crippen molar-refractivity contribution < 1.29 is 9.32 Å². The molecule has 0 bridgehead atoms. The quantitative estimate of drug-likeness (QED) is 0.467. The molecule has 5 nitrogen and oxygen atoms in total. The molecule has 3 aromatic rings. The zero-order chi connectivity index (χ0) is 22.1. The third-order valence-electron chi connectivity index (χ3n) is 4.85. The van der Waals surface area contributed by atoms with Gasteiger partial charge in [-0.05, 0) is 71.0 Å². The maximum Gasteiger partial charge on any atom is 0.261 e. The van der Waals surface area contributed by atoms with E-state index in [0.717, 1.165) is 12.2 Å². The van der Waals surface area contributed by atoms with Crippen LogP contribution in [0.15, 0.2) is 47.0 Å². The Hall–Kier alpha value is -2.50. The van der Waals surface area contributed by atoms with Gasteiger partial charge in [-0.25, -0.2) is 0 Å². The highest BCUT2D eigenvalue weighted by Crippen LogP contribution is 2.37. The number of aromatic nitrogens is 1.